The molecule has 0 aromatic heterocycles. The van der Waals surface area contributed by atoms with Crippen molar-refractivity contribution in [2.75, 3.05) is 19.7 Å². The molecular weight excluding hydrogens is 446 g/mol. The van der Waals surface area contributed by atoms with E-state index in [-0.39, 0.29) is 17.9 Å². The Morgan fingerprint density at radius 2 is 1.84 bits per heavy atom. The number of rotatable bonds is 3. The first kappa shape index (κ1) is 17.3. The SMILES string of the molecule is O=C(C1CC1c1cccc(Br)c1)N1CCOC(c2ccc(Br)cc2)C1. The summed E-state index contributed by atoms with van der Waals surface area (Å²) in [5, 5.41) is 0. The maximum atomic E-state index is 12.9. The molecule has 0 bridgehead atoms. The van der Waals surface area contributed by atoms with Gasteiger partial charge in [0.05, 0.1) is 13.2 Å². The van der Waals surface area contributed by atoms with Crippen LogP contribution in [-0.2, 0) is 9.53 Å². The zero-order valence-corrected chi connectivity index (χ0v) is 16.9. The van der Waals surface area contributed by atoms with Crippen LogP contribution in [-0.4, -0.2) is 30.5 Å². The van der Waals surface area contributed by atoms with Gasteiger partial charge >= 0.3 is 0 Å². The van der Waals surface area contributed by atoms with Crippen LogP contribution in [0.3, 0.4) is 0 Å². The van der Waals surface area contributed by atoms with E-state index in [0.717, 1.165) is 20.9 Å². The van der Waals surface area contributed by atoms with Gasteiger partial charge in [-0.05, 0) is 47.7 Å². The second-order valence-electron chi connectivity index (χ2n) is 6.70. The summed E-state index contributed by atoms with van der Waals surface area (Å²) < 4.78 is 8.02. The summed E-state index contributed by atoms with van der Waals surface area (Å²) in [5.74, 6) is 0.757. The van der Waals surface area contributed by atoms with Crippen molar-refractivity contribution in [1.29, 1.82) is 0 Å². The van der Waals surface area contributed by atoms with Gasteiger partial charge in [-0.15, -0.1) is 0 Å². The Bertz CT molecular complexity index is 778. The lowest BCUT2D eigenvalue weighted by molar-refractivity contribution is -0.140. The number of hydrogen-bond donors (Lipinski definition) is 0. The summed E-state index contributed by atoms with van der Waals surface area (Å²) in [5.41, 5.74) is 2.38. The number of ether oxygens (including phenoxy) is 1. The zero-order valence-electron chi connectivity index (χ0n) is 13.7. The number of benzene rings is 2. The second kappa shape index (κ2) is 7.22. The number of amides is 1. The van der Waals surface area contributed by atoms with E-state index in [1.54, 1.807) is 0 Å². The third-order valence-electron chi connectivity index (χ3n) is 5.00. The highest BCUT2D eigenvalue weighted by molar-refractivity contribution is 9.10. The topological polar surface area (TPSA) is 29.5 Å². The average molecular weight is 465 g/mol. The maximum absolute atomic E-state index is 12.9. The molecule has 1 heterocycles. The number of carbonyl (C=O) groups is 1. The van der Waals surface area contributed by atoms with Crippen molar-refractivity contribution in [3.05, 3.63) is 68.6 Å². The van der Waals surface area contributed by atoms with E-state index in [9.17, 15) is 4.79 Å². The summed E-state index contributed by atoms with van der Waals surface area (Å²) in [4.78, 5) is 14.9. The molecule has 0 spiro atoms. The Morgan fingerprint density at radius 3 is 2.60 bits per heavy atom. The smallest absolute Gasteiger partial charge is 0.226 e. The van der Waals surface area contributed by atoms with E-state index in [1.165, 1.54) is 5.56 Å². The van der Waals surface area contributed by atoms with E-state index >= 15 is 0 Å². The van der Waals surface area contributed by atoms with Gasteiger partial charge in [0.1, 0.15) is 6.10 Å². The van der Waals surface area contributed by atoms with Crippen LogP contribution < -0.4 is 0 Å². The molecule has 3 atom stereocenters. The van der Waals surface area contributed by atoms with E-state index in [0.29, 0.717) is 25.6 Å². The molecule has 3 unspecified atom stereocenters. The third-order valence-corrected chi connectivity index (χ3v) is 6.03. The van der Waals surface area contributed by atoms with Crippen LogP contribution in [0.15, 0.2) is 57.5 Å². The van der Waals surface area contributed by atoms with E-state index < -0.39 is 0 Å². The van der Waals surface area contributed by atoms with E-state index in [2.05, 4.69) is 56.1 Å². The molecule has 1 amide bonds. The third kappa shape index (κ3) is 3.83. The molecule has 3 nitrogen and oxygen atoms in total. The van der Waals surface area contributed by atoms with Gasteiger partial charge in [0.2, 0.25) is 5.91 Å². The number of hydrogen-bond acceptors (Lipinski definition) is 2. The molecule has 0 radical (unpaired) electrons. The van der Waals surface area contributed by atoms with Crippen molar-refractivity contribution < 1.29 is 9.53 Å². The van der Waals surface area contributed by atoms with Crippen LogP contribution in [0.25, 0.3) is 0 Å². The molecule has 1 saturated carbocycles. The van der Waals surface area contributed by atoms with Crippen molar-refractivity contribution in [3.8, 4) is 0 Å². The number of nitrogens with zero attached hydrogens (tertiary/aromatic N) is 1. The first-order chi connectivity index (χ1) is 12.1. The molecule has 1 saturated heterocycles. The molecule has 4 rings (SSSR count). The standard InChI is InChI=1S/C20H19Br2NO2/c21-15-6-4-13(5-7-15)19-12-23(8-9-25-19)20(24)18-11-17(18)14-2-1-3-16(22)10-14/h1-7,10,17-19H,8-9,11-12H2. The minimum Gasteiger partial charge on any atom is -0.370 e. The highest BCUT2D eigenvalue weighted by Crippen LogP contribution is 2.49. The van der Waals surface area contributed by atoms with Gasteiger partial charge in [0.25, 0.3) is 0 Å². The van der Waals surface area contributed by atoms with E-state index in [4.69, 9.17) is 4.74 Å². The van der Waals surface area contributed by atoms with Gasteiger partial charge < -0.3 is 9.64 Å². The molecule has 2 fully saturated rings. The lowest BCUT2D eigenvalue weighted by Gasteiger charge is -2.33. The lowest BCUT2D eigenvalue weighted by atomic mass is 10.1. The molecule has 0 N–H and O–H groups in total. The molecule has 1 aliphatic carbocycles. The van der Waals surface area contributed by atoms with Crippen LogP contribution in [0.2, 0.25) is 0 Å². The minimum atomic E-state index is -0.0335. The van der Waals surface area contributed by atoms with Gasteiger partial charge in [-0.2, -0.15) is 0 Å². The van der Waals surface area contributed by atoms with Crippen LogP contribution in [0.4, 0.5) is 0 Å². The monoisotopic (exact) mass is 463 g/mol. The zero-order chi connectivity index (χ0) is 17.4. The summed E-state index contributed by atoms with van der Waals surface area (Å²) in [6.45, 7) is 1.93. The quantitative estimate of drug-likeness (QED) is 0.645. The predicted octanol–water partition coefficient (Wildman–Crippen LogP) is 4.92. The second-order valence-corrected chi connectivity index (χ2v) is 8.53. The first-order valence-electron chi connectivity index (χ1n) is 8.53. The lowest BCUT2D eigenvalue weighted by Crippen LogP contribution is -2.43. The first-order valence-corrected chi connectivity index (χ1v) is 10.1. The number of carbonyl (C=O) groups excluding carboxylic acids is 1. The molecule has 5 heteroatoms. The molecule has 2 aliphatic rings. The predicted molar refractivity (Wildman–Crippen MR) is 104 cm³/mol. The fraction of sp³-hybridized carbons (Fsp3) is 0.350. The molecule has 2 aromatic rings. The Morgan fingerprint density at radius 1 is 1.04 bits per heavy atom. The molecule has 1 aliphatic heterocycles. The van der Waals surface area contributed by atoms with Crippen molar-refractivity contribution in [2.24, 2.45) is 5.92 Å². The van der Waals surface area contributed by atoms with Gasteiger partial charge in [-0.25, -0.2) is 0 Å². The van der Waals surface area contributed by atoms with Gasteiger partial charge in [-0.3, -0.25) is 4.79 Å². The van der Waals surface area contributed by atoms with Crippen molar-refractivity contribution in [2.45, 2.75) is 18.4 Å². The normalized spacial score (nSPS) is 25.7. The summed E-state index contributed by atoms with van der Waals surface area (Å²) in [7, 11) is 0. The fourth-order valence-electron chi connectivity index (χ4n) is 3.54. The van der Waals surface area contributed by atoms with Crippen molar-refractivity contribution in [1.82, 2.24) is 4.90 Å². The highest BCUT2D eigenvalue weighted by Gasteiger charge is 2.46. The molecule has 2 aromatic carbocycles. The van der Waals surface area contributed by atoms with Crippen molar-refractivity contribution >= 4 is 37.8 Å². The Balaban J connectivity index is 1.42. The molecular formula is C20H19Br2NO2. The largest absolute Gasteiger partial charge is 0.370 e. The van der Waals surface area contributed by atoms with Gasteiger partial charge in [0.15, 0.2) is 0 Å². The highest BCUT2D eigenvalue weighted by atomic mass is 79.9. The van der Waals surface area contributed by atoms with Gasteiger partial charge in [-0.1, -0.05) is 56.1 Å². The molecule has 25 heavy (non-hydrogen) atoms. The Kier molecular flexibility index (Phi) is 4.98. The van der Waals surface area contributed by atoms with Crippen molar-refractivity contribution in [3.63, 3.8) is 0 Å². The number of morpholine rings is 1. The summed E-state index contributed by atoms with van der Waals surface area (Å²) >= 11 is 6.97. The minimum absolute atomic E-state index is 0.0335. The fourth-order valence-corrected chi connectivity index (χ4v) is 4.22. The van der Waals surface area contributed by atoms with Crippen LogP contribution in [0.5, 0.6) is 0 Å². The van der Waals surface area contributed by atoms with Crippen LogP contribution in [0.1, 0.15) is 29.6 Å². The van der Waals surface area contributed by atoms with Crippen LogP contribution in [0, 0.1) is 5.92 Å². The Hall–Kier alpha value is -1.17. The van der Waals surface area contributed by atoms with Gasteiger partial charge in [0, 0.05) is 21.4 Å². The summed E-state index contributed by atoms with van der Waals surface area (Å²) in [6.07, 6.45) is 0.921. The van der Waals surface area contributed by atoms with E-state index in [1.807, 2.05) is 29.2 Å². The average Bonchev–Trinajstić information content (AvgIpc) is 3.43. The molecule has 130 valence electrons. The Labute approximate surface area is 164 Å². The maximum Gasteiger partial charge on any atom is 0.226 e. The summed E-state index contributed by atoms with van der Waals surface area (Å²) in [6, 6.07) is 16.5. The van der Waals surface area contributed by atoms with Crippen LogP contribution >= 0.6 is 31.9 Å². The number of halogens is 2.